The molecule has 28 heavy (non-hydrogen) atoms. The van der Waals surface area contributed by atoms with Crippen molar-refractivity contribution in [2.75, 3.05) is 24.3 Å². The summed E-state index contributed by atoms with van der Waals surface area (Å²) in [4.78, 5) is 28.0. The third-order valence-corrected chi connectivity index (χ3v) is 4.47. The minimum absolute atomic E-state index is 0.0111. The van der Waals surface area contributed by atoms with Crippen LogP contribution in [-0.2, 0) is 22.7 Å². The van der Waals surface area contributed by atoms with Crippen molar-refractivity contribution in [3.05, 3.63) is 59.4 Å². The average molecular weight is 385 g/mol. The fraction of sp³-hybridized carbons (Fsp3) is 0.364. The van der Waals surface area contributed by atoms with Crippen LogP contribution >= 0.6 is 0 Å². The van der Waals surface area contributed by atoms with Gasteiger partial charge < -0.3 is 15.1 Å². The van der Waals surface area contributed by atoms with Gasteiger partial charge in [0.25, 0.3) is 0 Å². The van der Waals surface area contributed by atoms with Crippen LogP contribution in [0.4, 0.5) is 15.8 Å². The van der Waals surface area contributed by atoms with Gasteiger partial charge in [0.05, 0.1) is 0 Å². The summed E-state index contributed by atoms with van der Waals surface area (Å²) >= 11 is 0. The van der Waals surface area contributed by atoms with Crippen molar-refractivity contribution in [3.8, 4) is 0 Å². The quantitative estimate of drug-likeness (QED) is 0.742. The lowest BCUT2D eigenvalue weighted by atomic mass is 10.1. The van der Waals surface area contributed by atoms with E-state index >= 15 is 0 Å². The molecule has 0 spiro atoms. The van der Waals surface area contributed by atoms with E-state index in [1.807, 2.05) is 44.1 Å². The minimum atomic E-state index is -0.300. The summed E-state index contributed by atoms with van der Waals surface area (Å²) in [7, 11) is 3.88. The molecule has 6 heteroatoms. The number of carbonyl (C=O) groups excluding carboxylic acids is 2. The first kappa shape index (κ1) is 21.4. The summed E-state index contributed by atoms with van der Waals surface area (Å²) in [5.74, 6) is -0.347. The van der Waals surface area contributed by atoms with Crippen LogP contribution in [0.1, 0.15) is 37.8 Å². The molecule has 2 aromatic carbocycles. The Hall–Kier alpha value is -2.89. The molecule has 0 aliphatic carbocycles. The smallest absolute Gasteiger partial charge is 0.224 e. The topological polar surface area (TPSA) is 52.7 Å². The molecule has 0 heterocycles. The highest BCUT2D eigenvalue weighted by Crippen LogP contribution is 2.25. The van der Waals surface area contributed by atoms with Crippen molar-refractivity contribution in [1.82, 2.24) is 4.90 Å². The second kappa shape index (κ2) is 9.88. The van der Waals surface area contributed by atoms with Gasteiger partial charge in [-0.25, -0.2) is 4.39 Å². The molecule has 1 N–H and O–H groups in total. The van der Waals surface area contributed by atoms with Crippen LogP contribution < -0.4 is 10.2 Å². The Balaban J connectivity index is 2.32. The van der Waals surface area contributed by atoms with E-state index in [0.717, 1.165) is 16.8 Å². The van der Waals surface area contributed by atoms with Gasteiger partial charge in [-0.3, -0.25) is 9.59 Å². The van der Waals surface area contributed by atoms with Crippen molar-refractivity contribution in [2.45, 2.75) is 39.8 Å². The lowest BCUT2D eigenvalue weighted by molar-refractivity contribution is -0.132. The Kier molecular flexibility index (Phi) is 7.55. The summed E-state index contributed by atoms with van der Waals surface area (Å²) < 4.78 is 13.2. The molecule has 150 valence electrons. The molecular formula is C22H28FN3O2. The first-order chi connectivity index (χ1) is 13.3. The van der Waals surface area contributed by atoms with Crippen molar-refractivity contribution in [1.29, 1.82) is 0 Å². The van der Waals surface area contributed by atoms with E-state index in [4.69, 9.17) is 0 Å². The monoisotopic (exact) mass is 385 g/mol. The average Bonchev–Trinajstić information content (AvgIpc) is 2.68. The number of amides is 2. The van der Waals surface area contributed by atoms with E-state index in [1.165, 1.54) is 12.1 Å². The molecule has 0 bridgehead atoms. The van der Waals surface area contributed by atoms with Gasteiger partial charge in [0.2, 0.25) is 11.8 Å². The SMILES string of the molecule is CCC(=O)Nc1ccc(N(C)C)c(CN(Cc2ccc(F)cc2)C(=O)CC)c1. The van der Waals surface area contributed by atoms with Gasteiger partial charge in [0, 0.05) is 51.4 Å². The van der Waals surface area contributed by atoms with Crippen LogP contribution in [0.2, 0.25) is 0 Å². The molecule has 0 saturated carbocycles. The number of rotatable bonds is 8. The van der Waals surface area contributed by atoms with Crippen LogP contribution in [-0.4, -0.2) is 30.8 Å². The molecule has 2 amide bonds. The maximum Gasteiger partial charge on any atom is 0.224 e. The summed E-state index contributed by atoms with van der Waals surface area (Å²) in [5, 5.41) is 2.87. The summed E-state index contributed by atoms with van der Waals surface area (Å²) in [5.41, 5.74) is 3.48. The van der Waals surface area contributed by atoms with Gasteiger partial charge >= 0.3 is 0 Å². The van der Waals surface area contributed by atoms with Gasteiger partial charge in [0.15, 0.2) is 0 Å². The second-order valence-corrected chi connectivity index (χ2v) is 6.87. The Labute approximate surface area is 166 Å². The van der Waals surface area contributed by atoms with Crippen molar-refractivity contribution < 1.29 is 14.0 Å². The summed E-state index contributed by atoms with van der Waals surface area (Å²) in [6.45, 7) is 4.41. The maximum atomic E-state index is 13.2. The van der Waals surface area contributed by atoms with Crippen LogP contribution in [0.25, 0.3) is 0 Å². The molecule has 0 aliphatic heterocycles. The third kappa shape index (κ3) is 5.81. The minimum Gasteiger partial charge on any atom is -0.377 e. The molecule has 2 rings (SSSR count). The van der Waals surface area contributed by atoms with E-state index in [2.05, 4.69) is 5.32 Å². The molecule has 0 radical (unpaired) electrons. The van der Waals surface area contributed by atoms with Crippen molar-refractivity contribution in [2.24, 2.45) is 0 Å². The Morgan fingerprint density at radius 1 is 0.964 bits per heavy atom. The zero-order valence-electron chi connectivity index (χ0n) is 17.0. The zero-order valence-corrected chi connectivity index (χ0v) is 17.0. The standard InChI is InChI=1S/C22H28FN3O2/c1-5-21(27)24-19-11-12-20(25(3)4)17(13-19)15-26(22(28)6-2)14-16-7-9-18(23)10-8-16/h7-13H,5-6,14-15H2,1-4H3,(H,24,27). The lowest BCUT2D eigenvalue weighted by Crippen LogP contribution is -2.30. The van der Waals surface area contributed by atoms with Crippen LogP contribution in [0.3, 0.4) is 0 Å². The highest BCUT2D eigenvalue weighted by Gasteiger charge is 2.16. The van der Waals surface area contributed by atoms with Gasteiger partial charge in [0.1, 0.15) is 5.82 Å². The molecule has 5 nitrogen and oxygen atoms in total. The van der Waals surface area contributed by atoms with Gasteiger partial charge in [-0.15, -0.1) is 0 Å². The fourth-order valence-electron chi connectivity index (χ4n) is 2.95. The second-order valence-electron chi connectivity index (χ2n) is 6.87. The fourth-order valence-corrected chi connectivity index (χ4v) is 2.95. The number of anilines is 2. The molecule has 0 saturated heterocycles. The number of nitrogens with zero attached hydrogens (tertiary/aromatic N) is 2. The number of hydrogen-bond acceptors (Lipinski definition) is 3. The van der Waals surface area contributed by atoms with E-state index < -0.39 is 0 Å². The summed E-state index contributed by atoms with van der Waals surface area (Å²) in [6.07, 6.45) is 0.778. The van der Waals surface area contributed by atoms with Crippen LogP contribution in [0.15, 0.2) is 42.5 Å². The Bertz CT molecular complexity index is 819. The highest BCUT2D eigenvalue weighted by atomic mass is 19.1. The normalized spacial score (nSPS) is 10.5. The molecule has 0 aliphatic rings. The Morgan fingerprint density at radius 2 is 1.64 bits per heavy atom. The number of hydrogen-bond donors (Lipinski definition) is 1. The lowest BCUT2D eigenvalue weighted by Gasteiger charge is -2.26. The van der Waals surface area contributed by atoms with E-state index in [9.17, 15) is 14.0 Å². The van der Waals surface area contributed by atoms with E-state index in [1.54, 1.807) is 24.0 Å². The number of benzene rings is 2. The predicted octanol–water partition coefficient (Wildman–Crippen LogP) is 4.18. The van der Waals surface area contributed by atoms with Gasteiger partial charge in [-0.05, 0) is 41.5 Å². The van der Waals surface area contributed by atoms with E-state index in [-0.39, 0.29) is 17.6 Å². The van der Waals surface area contributed by atoms with Crippen LogP contribution in [0.5, 0.6) is 0 Å². The van der Waals surface area contributed by atoms with Crippen molar-refractivity contribution in [3.63, 3.8) is 0 Å². The number of nitrogens with one attached hydrogen (secondary N) is 1. The molecule has 2 aromatic rings. The number of carbonyl (C=O) groups is 2. The van der Waals surface area contributed by atoms with Crippen LogP contribution in [0, 0.1) is 5.82 Å². The van der Waals surface area contributed by atoms with Crippen molar-refractivity contribution >= 4 is 23.2 Å². The number of halogens is 1. The molecular weight excluding hydrogens is 357 g/mol. The maximum absolute atomic E-state index is 13.2. The first-order valence-electron chi connectivity index (χ1n) is 9.46. The van der Waals surface area contributed by atoms with E-state index in [0.29, 0.717) is 31.6 Å². The third-order valence-electron chi connectivity index (χ3n) is 4.47. The zero-order chi connectivity index (χ0) is 20.7. The molecule has 0 aromatic heterocycles. The van der Waals surface area contributed by atoms with Gasteiger partial charge in [-0.1, -0.05) is 26.0 Å². The Morgan fingerprint density at radius 3 is 2.21 bits per heavy atom. The molecule has 0 atom stereocenters. The summed E-state index contributed by atoms with van der Waals surface area (Å²) in [6, 6.07) is 11.9. The highest BCUT2D eigenvalue weighted by molar-refractivity contribution is 5.91. The molecule has 0 fully saturated rings. The predicted molar refractivity (Wildman–Crippen MR) is 111 cm³/mol. The molecule has 0 unspecified atom stereocenters. The van der Waals surface area contributed by atoms with Gasteiger partial charge in [-0.2, -0.15) is 0 Å². The first-order valence-corrected chi connectivity index (χ1v) is 9.46. The largest absolute Gasteiger partial charge is 0.377 e.